The zero-order chi connectivity index (χ0) is 20.3. The predicted octanol–water partition coefficient (Wildman–Crippen LogP) is 2.61. The van der Waals surface area contributed by atoms with Crippen molar-refractivity contribution in [2.45, 2.75) is 39.9 Å². The van der Waals surface area contributed by atoms with Crippen LogP contribution in [0.3, 0.4) is 0 Å². The van der Waals surface area contributed by atoms with Crippen LogP contribution < -0.4 is 16.6 Å². The molecule has 3 aromatic rings. The summed E-state index contributed by atoms with van der Waals surface area (Å²) in [5, 5.41) is 2.88. The van der Waals surface area contributed by atoms with Crippen LogP contribution in [0.2, 0.25) is 0 Å². The maximum absolute atomic E-state index is 12.7. The van der Waals surface area contributed by atoms with E-state index in [1.807, 2.05) is 57.2 Å². The second-order valence-corrected chi connectivity index (χ2v) is 8.25. The number of thiophene rings is 1. The Kier molecular flexibility index (Phi) is 5.94. The fourth-order valence-corrected chi connectivity index (χ4v) is 4.21. The number of hydrogen-bond donors (Lipinski definition) is 1. The van der Waals surface area contributed by atoms with E-state index in [4.69, 9.17) is 0 Å². The van der Waals surface area contributed by atoms with Crippen LogP contribution in [0.4, 0.5) is 0 Å². The summed E-state index contributed by atoms with van der Waals surface area (Å²) >= 11 is 1.68. The highest BCUT2D eigenvalue weighted by molar-refractivity contribution is 7.12. The number of carbonyl (C=O) groups excluding carboxylic acids is 1. The van der Waals surface area contributed by atoms with Crippen LogP contribution in [0.5, 0.6) is 0 Å². The Morgan fingerprint density at radius 2 is 1.86 bits per heavy atom. The number of rotatable bonds is 6. The number of aryl methyl sites for hydroxylation is 2. The van der Waals surface area contributed by atoms with Gasteiger partial charge in [0.05, 0.1) is 12.6 Å². The summed E-state index contributed by atoms with van der Waals surface area (Å²) in [4.78, 5) is 39.7. The smallest absolute Gasteiger partial charge is 0.331 e. The first kappa shape index (κ1) is 19.8. The number of nitrogens with one attached hydrogen (secondary N) is 1. The summed E-state index contributed by atoms with van der Waals surface area (Å²) in [7, 11) is 0. The van der Waals surface area contributed by atoms with Gasteiger partial charge >= 0.3 is 5.69 Å². The van der Waals surface area contributed by atoms with E-state index < -0.39 is 11.2 Å². The van der Waals surface area contributed by atoms with Crippen molar-refractivity contribution >= 4 is 17.2 Å². The van der Waals surface area contributed by atoms with Gasteiger partial charge in [0.1, 0.15) is 6.54 Å². The van der Waals surface area contributed by atoms with Crippen LogP contribution in [-0.4, -0.2) is 15.0 Å². The molecule has 0 unspecified atom stereocenters. The fraction of sp³-hybridized carbons (Fsp3) is 0.286. The SMILES string of the molecule is Cc1cc([C@@H](C)NC(=O)Cn2c(=O)ccn(Cc3ccccc3)c2=O)c(C)s1. The van der Waals surface area contributed by atoms with Gasteiger partial charge in [-0.1, -0.05) is 30.3 Å². The van der Waals surface area contributed by atoms with E-state index >= 15 is 0 Å². The zero-order valence-electron chi connectivity index (χ0n) is 16.1. The molecule has 0 fully saturated rings. The minimum atomic E-state index is -0.498. The highest BCUT2D eigenvalue weighted by atomic mass is 32.1. The van der Waals surface area contributed by atoms with E-state index in [1.165, 1.54) is 21.7 Å². The van der Waals surface area contributed by atoms with E-state index in [1.54, 1.807) is 11.3 Å². The number of aromatic nitrogens is 2. The molecule has 6 nitrogen and oxygen atoms in total. The van der Waals surface area contributed by atoms with Crippen molar-refractivity contribution in [1.82, 2.24) is 14.5 Å². The molecule has 1 N–H and O–H groups in total. The molecule has 0 aliphatic heterocycles. The Bertz CT molecular complexity index is 1100. The van der Waals surface area contributed by atoms with Gasteiger partial charge in [0.25, 0.3) is 5.56 Å². The summed E-state index contributed by atoms with van der Waals surface area (Å²) in [6, 6.07) is 12.7. The molecule has 28 heavy (non-hydrogen) atoms. The van der Waals surface area contributed by atoms with Gasteiger partial charge in [-0.15, -0.1) is 11.3 Å². The Hall–Kier alpha value is -2.93. The Morgan fingerprint density at radius 1 is 1.14 bits per heavy atom. The molecule has 146 valence electrons. The highest BCUT2D eigenvalue weighted by Gasteiger charge is 2.16. The molecule has 1 aromatic carbocycles. The predicted molar refractivity (Wildman–Crippen MR) is 111 cm³/mol. The highest BCUT2D eigenvalue weighted by Crippen LogP contribution is 2.25. The lowest BCUT2D eigenvalue weighted by Gasteiger charge is -2.15. The van der Waals surface area contributed by atoms with Gasteiger partial charge < -0.3 is 5.32 Å². The van der Waals surface area contributed by atoms with Gasteiger partial charge in [-0.2, -0.15) is 0 Å². The van der Waals surface area contributed by atoms with Gasteiger partial charge in [-0.25, -0.2) is 4.79 Å². The lowest BCUT2D eigenvalue weighted by atomic mass is 10.1. The van der Waals surface area contributed by atoms with E-state index in [-0.39, 0.29) is 18.5 Å². The maximum atomic E-state index is 12.7. The van der Waals surface area contributed by atoms with Crippen LogP contribution in [0, 0.1) is 13.8 Å². The van der Waals surface area contributed by atoms with Crippen molar-refractivity contribution in [3.05, 3.63) is 90.4 Å². The first-order chi connectivity index (χ1) is 13.3. The third-order valence-electron chi connectivity index (χ3n) is 4.56. The summed E-state index contributed by atoms with van der Waals surface area (Å²) in [6.07, 6.45) is 1.46. The molecular weight excluding hydrogens is 374 g/mol. The van der Waals surface area contributed by atoms with Crippen LogP contribution in [0.25, 0.3) is 0 Å². The van der Waals surface area contributed by atoms with E-state index in [0.717, 1.165) is 20.6 Å². The van der Waals surface area contributed by atoms with Crippen LogP contribution in [0.1, 0.15) is 33.8 Å². The molecule has 0 bridgehead atoms. The van der Waals surface area contributed by atoms with E-state index in [0.29, 0.717) is 6.54 Å². The molecule has 0 aliphatic rings. The molecule has 0 radical (unpaired) electrons. The number of hydrogen-bond acceptors (Lipinski definition) is 4. The number of nitrogens with zero attached hydrogens (tertiary/aromatic N) is 2. The maximum Gasteiger partial charge on any atom is 0.331 e. The standard InChI is InChI=1S/C21H23N3O3S/c1-14-11-18(16(3)28-14)15(2)22-19(25)13-24-20(26)9-10-23(21(24)27)12-17-7-5-4-6-8-17/h4-11,15H,12-13H2,1-3H3,(H,22,25)/t15-/m1/s1. The summed E-state index contributed by atoms with van der Waals surface area (Å²) in [5.41, 5.74) is 1.01. The Balaban J connectivity index is 1.77. The number of benzene rings is 1. The topological polar surface area (TPSA) is 73.1 Å². The minimum Gasteiger partial charge on any atom is -0.348 e. The largest absolute Gasteiger partial charge is 0.348 e. The molecular formula is C21H23N3O3S. The second-order valence-electron chi connectivity index (χ2n) is 6.79. The lowest BCUT2D eigenvalue weighted by molar-refractivity contribution is -0.122. The van der Waals surface area contributed by atoms with Crippen LogP contribution >= 0.6 is 11.3 Å². The summed E-state index contributed by atoms with van der Waals surface area (Å²) in [6.45, 7) is 5.97. The normalized spacial score (nSPS) is 12.0. The molecule has 2 aromatic heterocycles. The second kappa shape index (κ2) is 8.39. The molecule has 0 saturated carbocycles. The first-order valence-corrected chi connectivity index (χ1v) is 9.87. The monoisotopic (exact) mass is 397 g/mol. The number of amides is 1. The average Bonchev–Trinajstić information content (AvgIpc) is 3.00. The number of carbonyl (C=O) groups is 1. The molecule has 0 saturated heterocycles. The van der Waals surface area contributed by atoms with Crippen molar-refractivity contribution < 1.29 is 4.79 Å². The van der Waals surface area contributed by atoms with Gasteiger partial charge in [0, 0.05) is 22.0 Å². The Labute approximate surface area is 167 Å². The molecule has 2 heterocycles. The minimum absolute atomic E-state index is 0.191. The summed E-state index contributed by atoms with van der Waals surface area (Å²) < 4.78 is 2.40. The molecule has 7 heteroatoms. The molecule has 3 rings (SSSR count). The van der Waals surface area contributed by atoms with E-state index in [2.05, 4.69) is 5.32 Å². The van der Waals surface area contributed by atoms with Crippen molar-refractivity contribution in [3.63, 3.8) is 0 Å². The van der Waals surface area contributed by atoms with Gasteiger partial charge in [-0.3, -0.25) is 18.7 Å². The average molecular weight is 398 g/mol. The summed E-state index contributed by atoms with van der Waals surface area (Å²) in [5.74, 6) is -0.368. The molecule has 1 atom stereocenters. The van der Waals surface area contributed by atoms with Crippen LogP contribution in [-0.2, 0) is 17.9 Å². The zero-order valence-corrected chi connectivity index (χ0v) is 17.0. The third-order valence-corrected chi connectivity index (χ3v) is 5.54. The van der Waals surface area contributed by atoms with Gasteiger partial charge in [0.2, 0.25) is 5.91 Å². The van der Waals surface area contributed by atoms with Crippen molar-refractivity contribution in [3.8, 4) is 0 Å². The van der Waals surface area contributed by atoms with Crippen molar-refractivity contribution in [2.24, 2.45) is 0 Å². The van der Waals surface area contributed by atoms with Crippen molar-refractivity contribution in [2.75, 3.05) is 0 Å². The van der Waals surface area contributed by atoms with E-state index in [9.17, 15) is 14.4 Å². The Morgan fingerprint density at radius 3 is 2.50 bits per heavy atom. The molecule has 1 amide bonds. The fourth-order valence-electron chi connectivity index (χ4n) is 3.19. The third kappa shape index (κ3) is 4.48. The molecule has 0 aliphatic carbocycles. The van der Waals surface area contributed by atoms with Crippen molar-refractivity contribution in [1.29, 1.82) is 0 Å². The quantitative estimate of drug-likeness (QED) is 0.695. The van der Waals surface area contributed by atoms with Crippen LogP contribution in [0.15, 0.2) is 58.3 Å². The lowest BCUT2D eigenvalue weighted by Crippen LogP contribution is -2.43. The molecule has 0 spiro atoms. The first-order valence-electron chi connectivity index (χ1n) is 9.05. The van der Waals surface area contributed by atoms with Gasteiger partial charge in [0.15, 0.2) is 0 Å². The van der Waals surface area contributed by atoms with Gasteiger partial charge in [-0.05, 0) is 38.0 Å².